The van der Waals surface area contributed by atoms with Gasteiger partial charge in [-0.15, -0.1) is 0 Å². The summed E-state index contributed by atoms with van der Waals surface area (Å²) in [5.41, 5.74) is 3.30. The third-order valence-electron chi connectivity index (χ3n) is 2.08. The molecule has 0 N–H and O–H groups in total. The lowest BCUT2D eigenvalue weighted by atomic mass is 10.2. The van der Waals surface area contributed by atoms with Crippen LogP contribution < -0.4 is 0 Å². The second-order valence-corrected chi connectivity index (χ2v) is 2.92. The van der Waals surface area contributed by atoms with Gasteiger partial charge in [-0.3, -0.25) is 9.97 Å². The molecule has 0 atom stereocenters. The van der Waals surface area contributed by atoms with Gasteiger partial charge in [-0.2, -0.15) is 0 Å². The third kappa shape index (κ3) is 0.939. The van der Waals surface area contributed by atoms with Crippen molar-refractivity contribution in [3.8, 4) is 0 Å². The summed E-state index contributed by atoms with van der Waals surface area (Å²) in [6.07, 6.45) is 4.97. The Morgan fingerprint density at radius 2 is 1.43 bits per heavy atom. The maximum absolute atomic E-state index is 4.28. The maximum atomic E-state index is 4.28. The fourth-order valence-corrected chi connectivity index (χ4v) is 1.45. The van der Waals surface area contributed by atoms with Crippen molar-refractivity contribution < 1.29 is 0 Å². The van der Waals surface area contributed by atoms with Crippen LogP contribution in [0.2, 0.25) is 0 Å². The van der Waals surface area contributed by atoms with Crippen LogP contribution in [0.25, 0.3) is 22.1 Å². The summed E-state index contributed by atoms with van der Waals surface area (Å²) in [6, 6.07) is 5.60. The Hall–Kier alpha value is -2.10. The second kappa shape index (κ2) is 2.70. The number of fused-ring (bicyclic) bond motifs is 3. The summed E-state index contributed by atoms with van der Waals surface area (Å²) in [5.74, 6) is 0. The highest BCUT2D eigenvalue weighted by Gasteiger charge is 2.03. The Labute approximate surface area is 79.7 Å². The van der Waals surface area contributed by atoms with Gasteiger partial charge in [-0.25, -0.2) is 9.97 Å². The number of hydrogen-bond donors (Lipinski definition) is 0. The second-order valence-electron chi connectivity index (χ2n) is 2.92. The van der Waals surface area contributed by atoms with Crippen LogP contribution in [0.1, 0.15) is 0 Å². The summed E-state index contributed by atoms with van der Waals surface area (Å²) in [4.78, 5) is 16.8. The molecule has 0 saturated heterocycles. The van der Waals surface area contributed by atoms with Crippen molar-refractivity contribution in [1.82, 2.24) is 19.9 Å². The first-order valence-electron chi connectivity index (χ1n) is 4.25. The van der Waals surface area contributed by atoms with Crippen LogP contribution in [0.5, 0.6) is 0 Å². The van der Waals surface area contributed by atoms with E-state index in [1.807, 2.05) is 12.1 Å². The highest BCUT2D eigenvalue weighted by atomic mass is 14.9. The van der Waals surface area contributed by atoms with Gasteiger partial charge in [-0.1, -0.05) is 0 Å². The Kier molecular flexibility index (Phi) is 1.41. The molecule has 0 unspecified atom stereocenters. The summed E-state index contributed by atoms with van der Waals surface area (Å²) in [6.45, 7) is 0. The van der Waals surface area contributed by atoms with Crippen molar-refractivity contribution in [2.24, 2.45) is 0 Å². The molecule has 2 aromatic heterocycles. The molecule has 0 spiro atoms. The standard InChI is InChI=1S/C10H6N4/c1-4-11-7-2-3-8-10(14-6-13-8)9(7)12-5-1/h1-6H. The number of imidazole rings is 1. The quantitative estimate of drug-likeness (QED) is 0.529. The third-order valence-corrected chi connectivity index (χ3v) is 2.08. The van der Waals surface area contributed by atoms with Crippen molar-refractivity contribution >= 4 is 22.1 Å². The summed E-state index contributed by atoms with van der Waals surface area (Å²) >= 11 is 0. The van der Waals surface area contributed by atoms with Crippen LogP contribution in [0.15, 0.2) is 36.9 Å². The largest absolute Gasteiger partial charge is 0.254 e. The Morgan fingerprint density at radius 3 is 2.36 bits per heavy atom. The molecular weight excluding hydrogens is 176 g/mol. The fourth-order valence-electron chi connectivity index (χ4n) is 1.45. The number of nitrogens with zero attached hydrogens (tertiary/aromatic N) is 4. The minimum absolute atomic E-state index is 0.796. The fraction of sp³-hybridized carbons (Fsp3) is 0. The molecule has 1 aromatic carbocycles. The number of hydrogen-bond acceptors (Lipinski definition) is 4. The van der Waals surface area contributed by atoms with Crippen molar-refractivity contribution in [2.45, 2.75) is 0 Å². The van der Waals surface area contributed by atoms with Gasteiger partial charge in [0.1, 0.15) is 17.4 Å². The molecule has 0 fully saturated rings. The first kappa shape index (κ1) is 7.32. The normalized spacial score (nSPS) is 10.9. The van der Waals surface area contributed by atoms with E-state index in [-0.39, 0.29) is 0 Å². The average Bonchev–Trinajstić information content (AvgIpc) is 2.55. The minimum Gasteiger partial charge on any atom is -0.254 e. The van der Waals surface area contributed by atoms with E-state index in [0.717, 1.165) is 22.1 Å². The smallest absolute Gasteiger partial charge is 0.118 e. The van der Waals surface area contributed by atoms with Crippen LogP contribution in [-0.2, 0) is 0 Å². The molecule has 0 bridgehead atoms. The highest BCUT2D eigenvalue weighted by Crippen LogP contribution is 2.17. The van der Waals surface area contributed by atoms with Crippen molar-refractivity contribution in [3.05, 3.63) is 36.9 Å². The number of benzene rings is 1. The van der Waals surface area contributed by atoms with E-state index in [4.69, 9.17) is 0 Å². The molecule has 14 heavy (non-hydrogen) atoms. The van der Waals surface area contributed by atoms with Gasteiger partial charge in [0.25, 0.3) is 0 Å². The lowest BCUT2D eigenvalue weighted by Crippen LogP contribution is -1.77. The van der Waals surface area contributed by atoms with Gasteiger partial charge < -0.3 is 0 Å². The summed E-state index contributed by atoms with van der Waals surface area (Å²) in [5, 5.41) is 0. The molecule has 3 rings (SSSR count). The van der Waals surface area contributed by atoms with Gasteiger partial charge in [-0.05, 0) is 18.2 Å². The Bertz CT molecular complexity index is 606. The molecule has 0 aliphatic heterocycles. The molecule has 3 aromatic rings. The van der Waals surface area contributed by atoms with Crippen LogP contribution in [0.4, 0.5) is 0 Å². The van der Waals surface area contributed by atoms with E-state index in [0.29, 0.717) is 0 Å². The predicted molar refractivity (Wildman–Crippen MR) is 52.6 cm³/mol. The van der Waals surface area contributed by atoms with Crippen molar-refractivity contribution in [3.63, 3.8) is 0 Å². The van der Waals surface area contributed by atoms with Crippen LogP contribution >= 0.6 is 0 Å². The van der Waals surface area contributed by atoms with Crippen LogP contribution in [0, 0.1) is 0 Å². The van der Waals surface area contributed by atoms with Crippen molar-refractivity contribution in [1.29, 1.82) is 0 Å². The number of aromatic nitrogens is 4. The van der Waals surface area contributed by atoms with E-state index < -0.39 is 0 Å². The molecule has 2 heterocycles. The van der Waals surface area contributed by atoms with Gasteiger partial charge in [0, 0.05) is 12.4 Å². The Morgan fingerprint density at radius 1 is 0.714 bits per heavy atom. The van der Waals surface area contributed by atoms with E-state index in [1.54, 1.807) is 24.8 Å². The SMILES string of the molecule is c1cnc2ccc3ncnc3c2nc1. The number of rotatable bonds is 0. The lowest BCUT2D eigenvalue weighted by Gasteiger charge is -1.90. The van der Waals surface area contributed by atoms with E-state index in [2.05, 4.69) is 19.9 Å². The summed E-state index contributed by atoms with van der Waals surface area (Å²) in [7, 11) is 0. The van der Waals surface area contributed by atoms with Crippen molar-refractivity contribution in [2.75, 3.05) is 0 Å². The topological polar surface area (TPSA) is 51.6 Å². The Balaban J connectivity index is 2.64. The van der Waals surface area contributed by atoms with E-state index in [9.17, 15) is 0 Å². The zero-order valence-electron chi connectivity index (χ0n) is 7.25. The molecular formula is C10H6N4. The molecule has 4 nitrogen and oxygen atoms in total. The van der Waals surface area contributed by atoms with Crippen LogP contribution in [-0.4, -0.2) is 19.9 Å². The molecule has 0 aliphatic carbocycles. The van der Waals surface area contributed by atoms with Gasteiger partial charge >= 0.3 is 0 Å². The molecule has 0 radical (unpaired) electrons. The van der Waals surface area contributed by atoms with Gasteiger partial charge in [0.2, 0.25) is 0 Å². The van der Waals surface area contributed by atoms with Gasteiger partial charge in [0.05, 0.1) is 11.0 Å². The maximum Gasteiger partial charge on any atom is 0.118 e. The molecule has 66 valence electrons. The zero-order valence-corrected chi connectivity index (χ0v) is 7.25. The molecule has 0 amide bonds. The van der Waals surface area contributed by atoms with Crippen LogP contribution in [0.3, 0.4) is 0 Å². The summed E-state index contributed by atoms with van der Waals surface area (Å²) < 4.78 is 0. The predicted octanol–water partition coefficient (Wildman–Crippen LogP) is 1.57. The van der Waals surface area contributed by atoms with E-state index >= 15 is 0 Å². The van der Waals surface area contributed by atoms with Gasteiger partial charge in [0.15, 0.2) is 0 Å². The minimum atomic E-state index is 0.796. The monoisotopic (exact) mass is 182 g/mol. The van der Waals surface area contributed by atoms with E-state index in [1.165, 1.54) is 0 Å². The average molecular weight is 182 g/mol. The molecule has 0 aliphatic rings. The lowest BCUT2D eigenvalue weighted by molar-refractivity contribution is 1.34. The highest BCUT2D eigenvalue weighted by molar-refractivity contribution is 5.99. The zero-order chi connectivity index (χ0) is 9.38. The molecule has 0 saturated carbocycles. The first-order valence-corrected chi connectivity index (χ1v) is 4.25. The first-order chi connectivity index (χ1) is 6.95. The molecule has 4 heteroatoms.